The Morgan fingerprint density at radius 2 is 1.57 bits per heavy atom. The van der Waals surface area contributed by atoms with E-state index in [4.69, 9.17) is 0 Å². The van der Waals surface area contributed by atoms with Crippen LogP contribution < -0.4 is 0 Å². The molecule has 0 radical (unpaired) electrons. The summed E-state index contributed by atoms with van der Waals surface area (Å²) in [6.07, 6.45) is 6.95. The Morgan fingerprint density at radius 1 is 1.00 bits per heavy atom. The molecular weight excluding hydrogens is 212 g/mol. The molecule has 0 saturated heterocycles. The Hall–Kier alpha value is -0.400. The maximum absolute atomic E-state index is 4.52. The Labute approximate surface area is 96.5 Å². The molecule has 0 saturated carbocycles. The van der Waals surface area contributed by atoms with Crippen molar-refractivity contribution in [3.8, 4) is 0 Å². The molecule has 0 aliphatic rings. The van der Waals surface area contributed by atoms with E-state index in [2.05, 4.69) is 51.7 Å². The van der Waals surface area contributed by atoms with Gasteiger partial charge in [-0.3, -0.25) is 0 Å². The molecule has 0 spiro atoms. The molecule has 14 heavy (non-hydrogen) atoms. The van der Waals surface area contributed by atoms with Crippen LogP contribution in [0.25, 0.3) is 0 Å². The van der Waals surface area contributed by atoms with Crippen molar-refractivity contribution in [2.75, 3.05) is 0 Å². The molecular formula is C10H16N2S2. The van der Waals surface area contributed by atoms with Crippen LogP contribution in [0.1, 0.15) is 45.4 Å². The zero-order valence-corrected chi connectivity index (χ0v) is 10.2. The third-order valence-corrected chi connectivity index (χ3v) is 2.18. The number of aliphatic imine (C=N–C) groups is 2. The minimum absolute atomic E-state index is 0.147. The van der Waals surface area contributed by atoms with Crippen LogP contribution in [0.2, 0.25) is 0 Å². The van der Waals surface area contributed by atoms with Gasteiger partial charge in [-0.05, 0) is 37.3 Å². The average molecular weight is 228 g/mol. The molecule has 0 heterocycles. The normalized spacial score (nSPS) is 11.2. The lowest BCUT2D eigenvalue weighted by atomic mass is 10.1. The highest BCUT2D eigenvalue weighted by Gasteiger charge is 2.01. The van der Waals surface area contributed by atoms with E-state index >= 15 is 0 Å². The molecule has 0 rings (SSSR count). The summed E-state index contributed by atoms with van der Waals surface area (Å²) >= 11 is 9.05. The summed E-state index contributed by atoms with van der Waals surface area (Å²) in [6.45, 7) is 2.20. The van der Waals surface area contributed by atoms with Gasteiger partial charge in [-0.1, -0.05) is 32.6 Å². The molecule has 0 aliphatic heterocycles. The molecule has 0 aromatic rings. The van der Waals surface area contributed by atoms with Gasteiger partial charge in [0.1, 0.15) is 0 Å². The van der Waals surface area contributed by atoms with E-state index in [-0.39, 0.29) is 6.17 Å². The van der Waals surface area contributed by atoms with Crippen LogP contribution in [-0.2, 0) is 0 Å². The van der Waals surface area contributed by atoms with Gasteiger partial charge in [-0.25, -0.2) is 9.98 Å². The lowest BCUT2D eigenvalue weighted by Crippen LogP contribution is -1.99. The second-order valence-corrected chi connectivity index (χ2v) is 3.49. The highest BCUT2D eigenvalue weighted by atomic mass is 32.1. The Bertz CT molecular complexity index is 210. The van der Waals surface area contributed by atoms with Gasteiger partial charge in [-0.15, -0.1) is 0 Å². The van der Waals surface area contributed by atoms with Gasteiger partial charge in [-0.2, -0.15) is 0 Å². The quantitative estimate of drug-likeness (QED) is 0.358. The van der Waals surface area contributed by atoms with Gasteiger partial charge < -0.3 is 0 Å². The van der Waals surface area contributed by atoms with Gasteiger partial charge in [0.25, 0.3) is 0 Å². The zero-order chi connectivity index (χ0) is 10.6. The second-order valence-electron chi connectivity index (χ2n) is 3.12. The molecule has 0 aromatic carbocycles. The Morgan fingerprint density at radius 3 is 2.07 bits per heavy atom. The smallest absolute Gasteiger partial charge is 0.160 e. The van der Waals surface area contributed by atoms with E-state index in [0.29, 0.717) is 0 Å². The van der Waals surface area contributed by atoms with Crippen molar-refractivity contribution in [1.29, 1.82) is 0 Å². The lowest BCUT2D eigenvalue weighted by molar-refractivity contribution is 0.557. The predicted molar refractivity (Wildman–Crippen MR) is 67.2 cm³/mol. The monoisotopic (exact) mass is 228 g/mol. The highest BCUT2D eigenvalue weighted by molar-refractivity contribution is 7.78. The summed E-state index contributed by atoms with van der Waals surface area (Å²) in [5.41, 5.74) is 0. The first kappa shape index (κ1) is 13.6. The molecule has 0 bridgehead atoms. The standard InChI is InChI=1S/C10H16N2S2/c1-2-3-4-5-6-7-10(11-8-13)12-9-14/h10H,2-7H2,1H3. The molecule has 0 aromatic heterocycles. The van der Waals surface area contributed by atoms with Crippen LogP contribution in [0, 0.1) is 0 Å². The molecule has 0 fully saturated rings. The molecule has 78 valence electrons. The number of isothiocyanates is 2. The summed E-state index contributed by atoms with van der Waals surface area (Å²) in [5.74, 6) is 0. The average Bonchev–Trinajstić information content (AvgIpc) is 2.18. The van der Waals surface area contributed by atoms with Gasteiger partial charge >= 0.3 is 0 Å². The van der Waals surface area contributed by atoms with E-state index in [0.717, 1.165) is 12.8 Å². The lowest BCUT2D eigenvalue weighted by Gasteiger charge is -2.03. The fourth-order valence-corrected chi connectivity index (χ4v) is 1.45. The predicted octanol–water partition coefficient (Wildman–Crippen LogP) is 3.88. The summed E-state index contributed by atoms with van der Waals surface area (Å²) in [7, 11) is 0. The third kappa shape index (κ3) is 8.21. The molecule has 2 nitrogen and oxygen atoms in total. The Balaban J connectivity index is 3.61. The first-order chi connectivity index (χ1) is 6.85. The maximum Gasteiger partial charge on any atom is 0.160 e. The highest BCUT2D eigenvalue weighted by Crippen LogP contribution is 2.09. The second kappa shape index (κ2) is 10.7. The van der Waals surface area contributed by atoms with Gasteiger partial charge in [0.2, 0.25) is 0 Å². The van der Waals surface area contributed by atoms with Crippen LogP contribution in [-0.4, -0.2) is 16.5 Å². The van der Waals surface area contributed by atoms with E-state index in [1.165, 1.54) is 25.7 Å². The van der Waals surface area contributed by atoms with Crippen molar-refractivity contribution < 1.29 is 0 Å². The fourth-order valence-electron chi connectivity index (χ4n) is 1.21. The van der Waals surface area contributed by atoms with Crippen LogP contribution in [0.4, 0.5) is 0 Å². The van der Waals surface area contributed by atoms with Crippen LogP contribution in [0.15, 0.2) is 9.98 Å². The number of unbranched alkanes of at least 4 members (excludes halogenated alkanes) is 4. The molecule has 4 heteroatoms. The number of hydrogen-bond acceptors (Lipinski definition) is 4. The summed E-state index contributed by atoms with van der Waals surface area (Å²) in [6, 6.07) is 0. The molecule has 0 atom stereocenters. The van der Waals surface area contributed by atoms with E-state index in [1.807, 2.05) is 0 Å². The van der Waals surface area contributed by atoms with Crippen LogP contribution in [0.5, 0.6) is 0 Å². The van der Waals surface area contributed by atoms with Crippen LogP contribution in [0.3, 0.4) is 0 Å². The van der Waals surface area contributed by atoms with Crippen LogP contribution >= 0.6 is 24.4 Å². The van der Waals surface area contributed by atoms with Gasteiger partial charge in [0.15, 0.2) is 6.17 Å². The fraction of sp³-hybridized carbons (Fsp3) is 0.800. The summed E-state index contributed by atoms with van der Waals surface area (Å²) < 4.78 is 0. The van der Waals surface area contributed by atoms with Crippen molar-refractivity contribution >= 4 is 34.8 Å². The first-order valence-corrected chi connectivity index (χ1v) is 5.80. The van der Waals surface area contributed by atoms with Crippen molar-refractivity contribution in [3.05, 3.63) is 0 Å². The molecule has 0 N–H and O–H groups in total. The first-order valence-electron chi connectivity index (χ1n) is 4.99. The largest absolute Gasteiger partial charge is 0.204 e. The van der Waals surface area contributed by atoms with Crippen molar-refractivity contribution in [3.63, 3.8) is 0 Å². The van der Waals surface area contributed by atoms with E-state index in [9.17, 15) is 0 Å². The zero-order valence-electron chi connectivity index (χ0n) is 8.53. The van der Waals surface area contributed by atoms with Crippen molar-refractivity contribution in [2.24, 2.45) is 9.98 Å². The number of nitrogens with zero attached hydrogens (tertiary/aromatic N) is 2. The van der Waals surface area contributed by atoms with E-state index < -0.39 is 0 Å². The van der Waals surface area contributed by atoms with E-state index in [1.54, 1.807) is 0 Å². The third-order valence-electron chi connectivity index (χ3n) is 1.97. The molecule has 0 amide bonds. The number of rotatable bonds is 8. The number of hydrogen-bond donors (Lipinski definition) is 0. The minimum Gasteiger partial charge on any atom is -0.204 e. The minimum atomic E-state index is -0.147. The maximum atomic E-state index is 4.52. The Kier molecular flexibility index (Phi) is 10.4. The number of thiocarbonyl (C=S) groups is 2. The van der Waals surface area contributed by atoms with Gasteiger partial charge in [0, 0.05) is 0 Å². The SMILES string of the molecule is CCCCCCCC(N=C=S)N=C=S. The summed E-state index contributed by atoms with van der Waals surface area (Å²) in [5, 5.41) is 4.67. The molecule has 0 unspecified atom stereocenters. The van der Waals surface area contributed by atoms with Gasteiger partial charge in [0.05, 0.1) is 10.3 Å². The topological polar surface area (TPSA) is 24.7 Å². The van der Waals surface area contributed by atoms with Crippen molar-refractivity contribution in [2.45, 2.75) is 51.6 Å². The molecule has 0 aliphatic carbocycles. The van der Waals surface area contributed by atoms with Crippen molar-refractivity contribution in [1.82, 2.24) is 0 Å². The summed E-state index contributed by atoms with van der Waals surface area (Å²) in [4.78, 5) is 7.80.